The minimum absolute atomic E-state index is 0.0268. The Kier molecular flexibility index (Phi) is 10.9. The molecule has 0 unspecified atom stereocenters. The van der Waals surface area contributed by atoms with Crippen molar-refractivity contribution in [2.45, 2.75) is 58.0 Å². The van der Waals surface area contributed by atoms with E-state index >= 15 is 0 Å². The second-order valence-corrected chi connectivity index (χ2v) is 10.6. The Balaban J connectivity index is 1.85. The van der Waals surface area contributed by atoms with Gasteiger partial charge < -0.3 is 10.2 Å². The van der Waals surface area contributed by atoms with Crippen molar-refractivity contribution < 1.29 is 9.59 Å². The molecule has 4 nitrogen and oxygen atoms in total. The van der Waals surface area contributed by atoms with Gasteiger partial charge in [-0.25, -0.2) is 0 Å². The van der Waals surface area contributed by atoms with E-state index in [2.05, 4.69) is 30.4 Å². The molecule has 1 N–H and O–H groups in total. The predicted molar refractivity (Wildman–Crippen MR) is 151 cm³/mol. The fraction of sp³-hybridized carbons (Fsp3) is 0.333. The van der Waals surface area contributed by atoms with Gasteiger partial charge in [-0.2, -0.15) is 0 Å². The molecule has 0 saturated carbocycles. The number of halogens is 1. The normalized spacial score (nSPS) is 12.6. The van der Waals surface area contributed by atoms with Crippen molar-refractivity contribution in [3.8, 4) is 0 Å². The van der Waals surface area contributed by atoms with Gasteiger partial charge in [-0.15, -0.1) is 11.8 Å². The predicted octanol–water partition coefficient (Wildman–Crippen LogP) is 6.44. The Bertz CT molecular complexity index is 1120. The van der Waals surface area contributed by atoms with Crippen LogP contribution in [0.3, 0.4) is 0 Å². The maximum atomic E-state index is 13.7. The third-order valence-electron chi connectivity index (χ3n) is 6.12. The Morgan fingerprint density at radius 1 is 0.944 bits per heavy atom. The molecule has 2 amide bonds. The first-order chi connectivity index (χ1) is 17.4. The first kappa shape index (κ1) is 27.8. The average molecular weight is 523 g/mol. The van der Waals surface area contributed by atoms with Crippen molar-refractivity contribution in [1.82, 2.24) is 10.2 Å². The lowest BCUT2D eigenvalue weighted by atomic mass is 10.0. The average Bonchev–Trinajstić information content (AvgIpc) is 2.87. The molecule has 190 valence electrons. The number of benzene rings is 3. The highest BCUT2D eigenvalue weighted by atomic mass is 35.5. The number of nitrogens with one attached hydrogen (secondary N) is 1. The summed E-state index contributed by atoms with van der Waals surface area (Å²) < 4.78 is 0. The van der Waals surface area contributed by atoms with Gasteiger partial charge in [-0.05, 0) is 49.1 Å². The van der Waals surface area contributed by atoms with E-state index in [1.165, 1.54) is 11.1 Å². The maximum Gasteiger partial charge on any atom is 0.243 e. The van der Waals surface area contributed by atoms with Gasteiger partial charge in [0.1, 0.15) is 6.04 Å². The summed E-state index contributed by atoms with van der Waals surface area (Å²) in [7, 11) is 0. The van der Waals surface area contributed by atoms with Crippen molar-refractivity contribution in [2.24, 2.45) is 0 Å². The quantitative estimate of drug-likeness (QED) is 0.298. The molecule has 0 aliphatic carbocycles. The van der Waals surface area contributed by atoms with Gasteiger partial charge in [-0.1, -0.05) is 90.8 Å². The molecule has 0 radical (unpaired) electrons. The Hall–Kier alpha value is -2.76. The number of aryl methyl sites for hydroxylation is 1. The highest BCUT2D eigenvalue weighted by Gasteiger charge is 2.30. The molecule has 0 aliphatic heterocycles. The fourth-order valence-corrected chi connectivity index (χ4v) is 4.91. The van der Waals surface area contributed by atoms with E-state index in [1.807, 2.05) is 74.5 Å². The van der Waals surface area contributed by atoms with Crippen molar-refractivity contribution in [3.05, 3.63) is 106 Å². The van der Waals surface area contributed by atoms with Crippen molar-refractivity contribution in [3.63, 3.8) is 0 Å². The lowest BCUT2D eigenvalue weighted by Gasteiger charge is -2.32. The Labute approximate surface area is 224 Å². The number of rotatable bonds is 12. The number of carbonyl (C=O) groups is 2. The summed E-state index contributed by atoms with van der Waals surface area (Å²) >= 11 is 7.67. The van der Waals surface area contributed by atoms with E-state index in [4.69, 9.17) is 11.6 Å². The minimum atomic E-state index is -0.621. The molecular formula is C30H35ClN2O2S. The van der Waals surface area contributed by atoms with Crippen molar-refractivity contribution in [1.29, 1.82) is 0 Å². The largest absolute Gasteiger partial charge is 0.352 e. The summed E-state index contributed by atoms with van der Waals surface area (Å²) in [6.45, 7) is 6.43. The number of nitrogens with zero attached hydrogens (tertiary/aromatic N) is 1. The standard InChI is InChI=1S/C30H35ClN2O2S/c1-4-23(3)32-30(35)28(18-24-10-6-5-7-11-24)33(19-25-13-15-27(31)16-14-25)29(34)21-36-20-26-12-8-9-22(2)17-26/h5-17,23,28H,4,18-21H2,1-3H3,(H,32,35)/t23-,28+/m0/s1. The molecule has 0 spiro atoms. The van der Waals surface area contributed by atoms with Crippen molar-refractivity contribution in [2.75, 3.05) is 5.75 Å². The molecule has 3 aromatic carbocycles. The van der Waals surface area contributed by atoms with Crippen LogP contribution >= 0.6 is 23.4 Å². The van der Waals surface area contributed by atoms with E-state index in [1.54, 1.807) is 16.7 Å². The van der Waals surface area contributed by atoms with Crippen LogP contribution in [0.15, 0.2) is 78.9 Å². The highest BCUT2D eigenvalue weighted by Crippen LogP contribution is 2.20. The Morgan fingerprint density at radius 3 is 2.31 bits per heavy atom. The third-order valence-corrected chi connectivity index (χ3v) is 7.36. The molecule has 3 rings (SSSR count). The Morgan fingerprint density at radius 2 is 1.64 bits per heavy atom. The van der Waals surface area contributed by atoms with E-state index in [-0.39, 0.29) is 17.9 Å². The lowest BCUT2D eigenvalue weighted by molar-refractivity contribution is -0.139. The van der Waals surface area contributed by atoms with Gasteiger partial charge >= 0.3 is 0 Å². The number of carbonyl (C=O) groups excluding carboxylic acids is 2. The summed E-state index contributed by atoms with van der Waals surface area (Å²) in [6.07, 6.45) is 1.27. The first-order valence-corrected chi connectivity index (χ1v) is 13.9. The van der Waals surface area contributed by atoms with Gasteiger partial charge in [-0.3, -0.25) is 9.59 Å². The van der Waals surface area contributed by atoms with Crippen molar-refractivity contribution >= 4 is 35.2 Å². The van der Waals surface area contributed by atoms with Gasteiger partial charge in [0.15, 0.2) is 0 Å². The monoisotopic (exact) mass is 522 g/mol. The first-order valence-electron chi connectivity index (χ1n) is 12.4. The molecule has 36 heavy (non-hydrogen) atoms. The lowest BCUT2D eigenvalue weighted by Crippen LogP contribution is -2.52. The second kappa shape index (κ2) is 14.1. The third kappa shape index (κ3) is 8.72. The van der Waals surface area contributed by atoms with Gasteiger partial charge in [0, 0.05) is 29.8 Å². The minimum Gasteiger partial charge on any atom is -0.352 e. The molecule has 0 aromatic heterocycles. The topological polar surface area (TPSA) is 49.4 Å². The molecule has 0 saturated heterocycles. The highest BCUT2D eigenvalue weighted by molar-refractivity contribution is 7.99. The smallest absolute Gasteiger partial charge is 0.243 e. The molecule has 0 aliphatic rings. The number of hydrogen-bond acceptors (Lipinski definition) is 3. The van der Waals surface area contributed by atoms with Crippen LogP contribution in [0.25, 0.3) is 0 Å². The van der Waals surface area contributed by atoms with Gasteiger partial charge in [0.05, 0.1) is 5.75 Å². The van der Waals surface area contributed by atoms with Crippen LogP contribution in [-0.4, -0.2) is 34.6 Å². The number of hydrogen-bond donors (Lipinski definition) is 1. The zero-order valence-electron chi connectivity index (χ0n) is 21.2. The van der Waals surface area contributed by atoms with Crippen LogP contribution in [0.2, 0.25) is 5.02 Å². The number of amides is 2. The zero-order chi connectivity index (χ0) is 25.9. The molecule has 0 bridgehead atoms. The van der Waals surface area contributed by atoms with E-state index < -0.39 is 6.04 Å². The van der Waals surface area contributed by atoms with Crippen LogP contribution in [0.1, 0.15) is 42.5 Å². The molecular weight excluding hydrogens is 488 g/mol. The zero-order valence-corrected chi connectivity index (χ0v) is 22.8. The summed E-state index contributed by atoms with van der Waals surface area (Å²) in [4.78, 5) is 28.9. The van der Waals surface area contributed by atoms with Crippen LogP contribution < -0.4 is 5.32 Å². The fourth-order valence-electron chi connectivity index (χ4n) is 3.92. The molecule has 0 heterocycles. The van der Waals surface area contributed by atoms with Crippen LogP contribution in [-0.2, 0) is 28.3 Å². The summed E-state index contributed by atoms with van der Waals surface area (Å²) in [6, 6.07) is 25.1. The summed E-state index contributed by atoms with van der Waals surface area (Å²) in [5.41, 5.74) is 4.34. The molecule has 0 fully saturated rings. The van der Waals surface area contributed by atoms with Gasteiger partial charge in [0.25, 0.3) is 0 Å². The maximum absolute atomic E-state index is 13.7. The van der Waals surface area contributed by atoms with E-state index in [9.17, 15) is 9.59 Å². The number of thioether (sulfide) groups is 1. The summed E-state index contributed by atoms with van der Waals surface area (Å²) in [5.74, 6) is 0.857. The van der Waals surface area contributed by atoms with E-state index in [0.29, 0.717) is 23.7 Å². The molecule has 3 aromatic rings. The molecule has 2 atom stereocenters. The second-order valence-electron chi connectivity index (χ2n) is 9.15. The summed E-state index contributed by atoms with van der Waals surface area (Å²) in [5, 5.41) is 3.75. The van der Waals surface area contributed by atoms with Crippen LogP contribution in [0.5, 0.6) is 0 Å². The van der Waals surface area contributed by atoms with Gasteiger partial charge in [0.2, 0.25) is 11.8 Å². The van der Waals surface area contributed by atoms with E-state index in [0.717, 1.165) is 23.3 Å². The SMILES string of the molecule is CC[C@H](C)NC(=O)[C@@H](Cc1ccccc1)N(Cc1ccc(Cl)cc1)C(=O)CSCc1cccc(C)c1. The van der Waals surface area contributed by atoms with Crippen LogP contribution in [0.4, 0.5) is 0 Å². The molecule has 6 heteroatoms. The van der Waals surface area contributed by atoms with Crippen LogP contribution in [0, 0.1) is 6.92 Å².